The van der Waals surface area contributed by atoms with Crippen molar-refractivity contribution in [2.45, 2.75) is 45.1 Å². The first-order chi connectivity index (χ1) is 10.4. The van der Waals surface area contributed by atoms with E-state index in [1.807, 2.05) is 27.0 Å². The second-order valence-electron chi connectivity index (χ2n) is 6.74. The maximum absolute atomic E-state index is 12.1. The van der Waals surface area contributed by atoms with Crippen LogP contribution in [0.25, 0.3) is 11.2 Å². The second kappa shape index (κ2) is 5.59. The normalized spacial score (nSPS) is 17.0. The van der Waals surface area contributed by atoms with E-state index >= 15 is 0 Å². The first-order valence-corrected chi connectivity index (χ1v) is 7.70. The molecule has 1 amide bonds. The monoisotopic (exact) mass is 302 g/mol. The van der Waals surface area contributed by atoms with Gasteiger partial charge >= 0.3 is 6.09 Å². The molecular weight excluding hydrogens is 280 g/mol. The van der Waals surface area contributed by atoms with Crippen molar-refractivity contribution in [1.82, 2.24) is 19.9 Å². The number of nitrogens with one attached hydrogen (secondary N) is 1. The number of carbonyl (C=O) groups is 1. The molecule has 0 bridgehead atoms. The van der Waals surface area contributed by atoms with E-state index in [9.17, 15) is 4.79 Å². The fraction of sp³-hybridized carbons (Fsp3) is 0.562. The van der Waals surface area contributed by atoms with E-state index in [1.54, 1.807) is 17.3 Å². The summed E-state index contributed by atoms with van der Waals surface area (Å²) in [7, 11) is 0. The zero-order valence-corrected chi connectivity index (χ0v) is 13.3. The van der Waals surface area contributed by atoms with Gasteiger partial charge in [-0.25, -0.2) is 9.78 Å². The number of rotatable bonds is 1. The quantitative estimate of drug-likeness (QED) is 0.878. The number of carbonyl (C=O) groups excluding carboxylic acids is 1. The Morgan fingerprint density at radius 2 is 1.95 bits per heavy atom. The molecule has 0 spiro atoms. The van der Waals surface area contributed by atoms with Gasteiger partial charge in [0.05, 0.1) is 0 Å². The molecule has 3 rings (SSSR count). The van der Waals surface area contributed by atoms with Gasteiger partial charge in [0.25, 0.3) is 0 Å². The van der Waals surface area contributed by atoms with E-state index in [0.29, 0.717) is 19.0 Å². The summed E-state index contributed by atoms with van der Waals surface area (Å²) < 4.78 is 5.43. The van der Waals surface area contributed by atoms with E-state index in [-0.39, 0.29) is 6.09 Å². The lowest BCUT2D eigenvalue weighted by Gasteiger charge is -2.33. The predicted molar refractivity (Wildman–Crippen MR) is 83.7 cm³/mol. The number of piperidine rings is 1. The molecule has 0 atom stereocenters. The lowest BCUT2D eigenvalue weighted by Crippen LogP contribution is -2.41. The van der Waals surface area contributed by atoms with Crippen LogP contribution in [0, 0.1) is 0 Å². The van der Waals surface area contributed by atoms with Crippen LogP contribution < -0.4 is 0 Å². The van der Waals surface area contributed by atoms with Crippen LogP contribution in [0.1, 0.15) is 45.1 Å². The van der Waals surface area contributed by atoms with Crippen LogP contribution >= 0.6 is 0 Å². The Morgan fingerprint density at radius 3 is 2.64 bits per heavy atom. The van der Waals surface area contributed by atoms with Gasteiger partial charge in [0, 0.05) is 37.2 Å². The minimum absolute atomic E-state index is 0.218. The Bertz CT molecular complexity index is 666. The van der Waals surface area contributed by atoms with Crippen LogP contribution in [0.15, 0.2) is 18.6 Å². The third-order valence-electron chi connectivity index (χ3n) is 3.92. The van der Waals surface area contributed by atoms with Gasteiger partial charge in [0.1, 0.15) is 11.1 Å². The molecule has 0 aliphatic carbocycles. The molecular formula is C16H22N4O2. The third-order valence-corrected chi connectivity index (χ3v) is 3.92. The molecule has 1 saturated heterocycles. The highest BCUT2D eigenvalue weighted by Crippen LogP contribution is 2.32. The lowest BCUT2D eigenvalue weighted by molar-refractivity contribution is 0.0205. The Kier molecular flexibility index (Phi) is 3.76. The van der Waals surface area contributed by atoms with Crippen LogP contribution in [0.5, 0.6) is 0 Å². The van der Waals surface area contributed by atoms with Crippen LogP contribution in [-0.4, -0.2) is 44.6 Å². The number of aromatic amines is 1. The smallest absolute Gasteiger partial charge is 0.410 e. The first-order valence-electron chi connectivity index (χ1n) is 7.70. The van der Waals surface area contributed by atoms with Crippen molar-refractivity contribution in [3.05, 3.63) is 24.2 Å². The van der Waals surface area contributed by atoms with E-state index in [1.165, 1.54) is 5.56 Å². The van der Waals surface area contributed by atoms with Gasteiger partial charge < -0.3 is 14.6 Å². The number of hydrogen-bond acceptors (Lipinski definition) is 4. The standard InChI is InChI=1S/C16H22N4O2/c1-16(2,3)22-15(21)20-8-4-11(5-9-20)12-10-19-14-13(12)17-6-7-18-14/h6-7,10-11H,4-5,8-9H2,1-3H3,(H,18,19). The van der Waals surface area contributed by atoms with Gasteiger partial charge in [0.15, 0.2) is 5.65 Å². The number of ether oxygens (including phenoxy) is 1. The molecule has 1 aliphatic heterocycles. The molecule has 0 radical (unpaired) electrons. The molecule has 0 unspecified atom stereocenters. The molecule has 0 saturated carbocycles. The number of nitrogens with zero attached hydrogens (tertiary/aromatic N) is 3. The van der Waals surface area contributed by atoms with Crippen molar-refractivity contribution >= 4 is 17.3 Å². The second-order valence-corrected chi connectivity index (χ2v) is 6.74. The van der Waals surface area contributed by atoms with Crippen LogP contribution in [-0.2, 0) is 4.74 Å². The Balaban J connectivity index is 1.66. The van der Waals surface area contributed by atoms with E-state index in [0.717, 1.165) is 24.0 Å². The lowest BCUT2D eigenvalue weighted by atomic mass is 9.91. The summed E-state index contributed by atoms with van der Waals surface area (Å²) in [6, 6.07) is 0. The van der Waals surface area contributed by atoms with Crippen molar-refractivity contribution in [2.75, 3.05) is 13.1 Å². The molecule has 1 fully saturated rings. The van der Waals surface area contributed by atoms with Crippen LogP contribution in [0.2, 0.25) is 0 Å². The Morgan fingerprint density at radius 1 is 1.27 bits per heavy atom. The molecule has 6 nitrogen and oxygen atoms in total. The van der Waals surface area contributed by atoms with Crippen LogP contribution in [0.4, 0.5) is 4.79 Å². The number of H-pyrrole nitrogens is 1. The molecule has 1 N–H and O–H groups in total. The van der Waals surface area contributed by atoms with Crippen molar-refractivity contribution in [3.8, 4) is 0 Å². The van der Waals surface area contributed by atoms with Crippen molar-refractivity contribution < 1.29 is 9.53 Å². The maximum atomic E-state index is 12.1. The highest BCUT2D eigenvalue weighted by Gasteiger charge is 2.28. The van der Waals surface area contributed by atoms with Gasteiger partial charge in [-0.2, -0.15) is 0 Å². The first kappa shape index (κ1) is 14.8. The minimum Gasteiger partial charge on any atom is -0.444 e. The Hall–Kier alpha value is -2.11. The van der Waals surface area contributed by atoms with Gasteiger partial charge in [0.2, 0.25) is 0 Å². The third kappa shape index (κ3) is 3.05. The minimum atomic E-state index is -0.444. The highest BCUT2D eigenvalue weighted by molar-refractivity contribution is 5.75. The Labute approximate surface area is 129 Å². The molecule has 6 heteroatoms. The average Bonchev–Trinajstić information content (AvgIpc) is 2.89. The summed E-state index contributed by atoms with van der Waals surface area (Å²) in [6.07, 6.45) is 7.03. The summed E-state index contributed by atoms with van der Waals surface area (Å²) in [5.74, 6) is 0.407. The molecule has 3 heterocycles. The van der Waals surface area contributed by atoms with Gasteiger partial charge in [-0.15, -0.1) is 0 Å². The summed E-state index contributed by atoms with van der Waals surface area (Å²) in [5.41, 5.74) is 2.53. The van der Waals surface area contributed by atoms with E-state index in [2.05, 4.69) is 15.0 Å². The molecule has 2 aromatic heterocycles. The van der Waals surface area contributed by atoms with Gasteiger partial charge in [-0.3, -0.25) is 4.98 Å². The number of likely N-dealkylation sites (tertiary alicyclic amines) is 1. The van der Waals surface area contributed by atoms with Crippen LogP contribution in [0.3, 0.4) is 0 Å². The number of fused-ring (bicyclic) bond motifs is 1. The molecule has 1 aliphatic rings. The number of aromatic nitrogens is 3. The topological polar surface area (TPSA) is 71.1 Å². The van der Waals surface area contributed by atoms with Crippen molar-refractivity contribution in [1.29, 1.82) is 0 Å². The number of amides is 1. The largest absolute Gasteiger partial charge is 0.444 e. The zero-order chi connectivity index (χ0) is 15.7. The van der Waals surface area contributed by atoms with E-state index in [4.69, 9.17) is 4.74 Å². The summed E-state index contributed by atoms with van der Waals surface area (Å²) in [5, 5.41) is 0. The molecule has 118 valence electrons. The van der Waals surface area contributed by atoms with Crippen molar-refractivity contribution in [3.63, 3.8) is 0 Å². The highest BCUT2D eigenvalue weighted by atomic mass is 16.6. The van der Waals surface area contributed by atoms with Gasteiger partial charge in [-0.1, -0.05) is 0 Å². The summed E-state index contributed by atoms with van der Waals surface area (Å²) in [4.78, 5) is 25.8. The summed E-state index contributed by atoms with van der Waals surface area (Å²) >= 11 is 0. The average molecular weight is 302 g/mol. The summed E-state index contributed by atoms with van der Waals surface area (Å²) in [6.45, 7) is 7.10. The molecule has 0 aromatic carbocycles. The van der Waals surface area contributed by atoms with Gasteiger partial charge in [-0.05, 0) is 39.5 Å². The molecule has 22 heavy (non-hydrogen) atoms. The van der Waals surface area contributed by atoms with Crippen molar-refractivity contribution in [2.24, 2.45) is 0 Å². The number of hydrogen-bond donors (Lipinski definition) is 1. The van der Waals surface area contributed by atoms with E-state index < -0.39 is 5.60 Å². The SMILES string of the molecule is CC(C)(C)OC(=O)N1CCC(c2c[nH]c3nccnc23)CC1. The maximum Gasteiger partial charge on any atom is 0.410 e. The zero-order valence-electron chi connectivity index (χ0n) is 13.3. The predicted octanol–water partition coefficient (Wildman–Crippen LogP) is 3.07. The fourth-order valence-electron chi connectivity index (χ4n) is 2.88. The molecule has 2 aromatic rings. The fourth-order valence-corrected chi connectivity index (χ4v) is 2.88.